The molecule has 0 atom stereocenters. The van der Waals surface area contributed by atoms with Gasteiger partial charge in [0.1, 0.15) is 0 Å². The molecule has 4 aliphatic carbocycles. The number of carbonyl (C=O) groups excluding carboxylic acids is 3. The van der Waals surface area contributed by atoms with Crippen LogP contribution in [0.25, 0.3) is 0 Å². The monoisotopic (exact) mass is 472 g/mol. The summed E-state index contributed by atoms with van der Waals surface area (Å²) in [5.74, 6) is 2.29. The normalized spacial score (nSPS) is 28.6. The Morgan fingerprint density at radius 1 is 0.914 bits per heavy atom. The van der Waals surface area contributed by atoms with Crippen molar-refractivity contribution < 1.29 is 14.4 Å². The van der Waals surface area contributed by atoms with E-state index in [0.29, 0.717) is 30.9 Å². The Hall–Kier alpha value is -3.35. The summed E-state index contributed by atoms with van der Waals surface area (Å²) in [6, 6.07) is 14.6. The van der Waals surface area contributed by atoms with E-state index in [-0.39, 0.29) is 23.3 Å². The van der Waals surface area contributed by atoms with E-state index in [4.69, 9.17) is 0 Å². The zero-order valence-corrected chi connectivity index (χ0v) is 19.9. The largest absolute Gasteiger partial charge is 0.352 e. The molecule has 0 spiro atoms. The fraction of sp³-hybridized carbons (Fsp3) is 0.464. The third-order valence-corrected chi connectivity index (χ3v) is 8.48. The minimum absolute atomic E-state index is 0.101. The highest BCUT2D eigenvalue weighted by atomic mass is 16.2. The molecule has 5 fully saturated rings. The number of urea groups is 1. The Morgan fingerprint density at radius 3 is 2.11 bits per heavy atom. The van der Waals surface area contributed by atoms with Crippen LogP contribution < -0.4 is 20.9 Å². The first-order valence-electron chi connectivity index (χ1n) is 12.8. The van der Waals surface area contributed by atoms with Gasteiger partial charge in [-0.3, -0.25) is 14.5 Å². The Balaban J connectivity index is 1.03. The number of carbonyl (C=O) groups is 3. The molecule has 1 aliphatic heterocycles. The predicted octanol–water partition coefficient (Wildman–Crippen LogP) is 4.30. The van der Waals surface area contributed by atoms with Crippen LogP contribution in [0, 0.1) is 23.2 Å². The van der Waals surface area contributed by atoms with E-state index in [9.17, 15) is 14.4 Å². The topological polar surface area (TPSA) is 90.5 Å². The summed E-state index contributed by atoms with van der Waals surface area (Å²) < 4.78 is 0. The van der Waals surface area contributed by atoms with Crippen LogP contribution in [0.15, 0.2) is 48.5 Å². The molecule has 4 saturated carbocycles. The maximum atomic E-state index is 13.2. The molecule has 1 saturated heterocycles. The van der Waals surface area contributed by atoms with E-state index >= 15 is 0 Å². The fourth-order valence-electron chi connectivity index (χ4n) is 7.18. The summed E-state index contributed by atoms with van der Waals surface area (Å²) in [5.41, 5.74) is 2.89. The molecule has 4 bridgehead atoms. The van der Waals surface area contributed by atoms with Crippen molar-refractivity contribution in [3.05, 3.63) is 59.7 Å². The Labute approximate surface area is 205 Å². The minimum Gasteiger partial charge on any atom is -0.352 e. The van der Waals surface area contributed by atoms with Gasteiger partial charge < -0.3 is 16.0 Å². The lowest BCUT2D eigenvalue weighted by Crippen LogP contribution is -2.53. The molecule has 182 valence electrons. The molecule has 4 amide bonds. The average molecular weight is 473 g/mol. The number of nitrogens with zero attached hydrogens (tertiary/aromatic N) is 1. The predicted molar refractivity (Wildman–Crippen MR) is 134 cm³/mol. The van der Waals surface area contributed by atoms with Crippen molar-refractivity contribution in [3.8, 4) is 0 Å². The SMILES string of the molecule is O=C(Nc1ccc(N2CCNC2=O)cc1)c1ccc(CNC(=O)C23CC4CC(CC(C4)C2)C3)cc1. The number of amides is 4. The quantitative estimate of drug-likeness (QED) is 0.585. The van der Waals surface area contributed by atoms with E-state index in [0.717, 1.165) is 48.3 Å². The van der Waals surface area contributed by atoms with Gasteiger partial charge in [0.15, 0.2) is 0 Å². The van der Waals surface area contributed by atoms with Crippen molar-refractivity contribution in [2.75, 3.05) is 23.3 Å². The maximum Gasteiger partial charge on any atom is 0.321 e. The van der Waals surface area contributed by atoms with E-state index in [2.05, 4.69) is 16.0 Å². The summed E-state index contributed by atoms with van der Waals surface area (Å²) in [7, 11) is 0. The molecule has 0 radical (unpaired) electrons. The second kappa shape index (κ2) is 8.70. The summed E-state index contributed by atoms with van der Waals surface area (Å²) in [4.78, 5) is 39.3. The van der Waals surface area contributed by atoms with Crippen LogP contribution in [-0.4, -0.2) is 30.9 Å². The van der Waals surface area contributed by atoms with Crippen LogP contribution in [0.3, 0.4) is 0 Å². The molecule has 7 rings (SSSR count). The first-order chi connectivity index (χ1) is 17.0. The van der Waals surface area contributed by atoms with Gasteiger partial charge >= 0.3 is 6.03 Å². The zero-order valence-electron chi connectivity index (χ0n) is 19.9. The molecule has 2 aromatic carbocycles. The summed E-state index contributed by atoms with van der Waals surface area (Å²) in [5, 5.41) is 8.89. The molecule has 35 heavy (non-hydrogen) atoms. The van der Waals surface area contributed by atoms with Gasteiger partial charge in [0.25, 0.3) is 5.91 Å². The number of hydrogen-bond donors (Lipinski definition) is 3. The van der Waals surface area contributed by atoms with Crippen molar-refractivity contribution in [1.29, 1.82) is 0 Å². The molecule has 1 heterocycles. The van der Waals surface area contributed by atoms with Gasteiger partial charge in [-0.1, -0.05) is 12.1 Å². The van der Waals surface area contributed by atoms with E-state index < -0.39 is 0 Å². The second-order valence-corrected chi connectivity index (χ2v) is 11.0. The van der Waals surface area contributed by atoms with Crippen molar-refractivity contribution in [2.45, 2.75) is 45.1 Å². The van der Waals surface area contributed by atoms with E-state index in [1.165, 1.54) is 19.3 Å². The van der Waals surface area contributed by atoms with Gasteiger partial charge in [-0.15, -0.1) is 0 Å². The van der Waals surface area contributed by atoms with Crippen molar-refractivity contribution in [3.63, 3.8) is 0 Å². The first kappa shape index (κ1) is 22.1. The van der Waals surface area contributed by atoms with Crippen LogP contribution in [0.2, 0.25) is 0 Å². The second-order valence-electron chi connectivity index (χ2n) is 11.0. The summed E-state index contributed by atoms with van der Waals surface area (Å²) >= 11 is 0. The number of hydrogen-bond acceptors (Lipinski definition) is 3. The lowest BCUT2D eigenvalue weighted by molar-refractivity contribution is -0.146. The maximum absolute atomic E-state index is 13.2. The van der Waals surface area contributed by atoms with Crippen LogP contribution in [0.5, 0.6) is 0 Å². The third kappa shape index (κ3) is 4.28. The third-order valence-electron chi connectivity index (χ3n) is 8.48. The number of benzene rings is 2. The number of rotatable bonds is 6. The van der Waals surface area contributed by atoms with E-state index in [1.54, 1.807) is 29.2 Å². The van der Waals surface area contributed by atoms with Gasteiger partial charge in [-0.05, 0) is 98.2 Å². The molecule has 0 aromatic heterocycles. The van der Waals surface area contributed by atoms with Gasteiger partial charge in [-0.2, -0.15) is 0 Å². The lowest BCUT2D eigenvalue weighted by Gasteiger charge is -2.55. The smallest absolute Gasteiger partial charge is 0.321 e. The van der Waals surface area contributed by atoms with Crippen molar-refractivity contribution in [1.82, 2.24) is 10.6 Å². The molecule has 7 nitrogen and oxygen atoms in total. The molecule has 5 aliphatic rings. The van der Waals surface area contributed by atoms with Crippen LogP contribution >= 0.6 is 0 Å². The fourth-order valence-corrected chi connectivity index (χ4v) is 7.18. The van der Waals surface area contributed by atoms with Gasteiger partial charge in [0, 0.05) is 42.0 Å². The Morgan fingerprint density at radius 2 is 1.54 bits per heavy atom. The van der Waals surface area contributed by atoms with Crippen LogP contribution in [0.1, 0.15) is 54.4 Å². The van der Waals surface area contributed by atoms with E-state index in [1.807, 2.05) is 24.3 Å². The highest BCUT2D eigenvalue weighted by molar-refractivity contribution is 6.04. The molecular weight excluding hydrogens is 440 g/mol. The molecule has 3 N–H and O–H groups in total. The minimum atomic E-state index is -0.194. The summed E-state index contributed by atoms with van der Waals surface area (Å²) in [6.07, 6.45) is 7.18. The molecule has 2 aromatic rings. The molecule has 7 heteroatoms. The molecular formula is C28H32N4O3. The van der Waals surface area contributed by atoms with Crippen LogP contribution in [0.4, 0.5) is 16.2 Å². The Bertz CT molecular complexity index is 1110. The highest BCUT2D eigenvalue weighted by Gasteiger charge is 2.54. The van der Waals surface area contributed by atoms with Gasteiger partial charge in [0.2, 0.25) is 5.91 Å². The van der Waals surface area contributed by atoms with Crippen molar-refractivity contribution >= 4 is 29.2 Å². The first-order valence-corrected chi connectivity index (χ1v) is 12.8. The number of anilines is 2. The standard InChI is InChI=1S/C28H32N4O3/c33-25(31-23-5-7-24(8-6-23)32-10-9-29-27(32)35)22-3-1-18(2-4-22)17-30-26(34)28-14-19-11-20(15-28)13-21(12-19)16-28/h1-8,19-21H,9-17H2,(H,29,35)(H,30,34)(H,31,33). The number of nitrogens with one attached hydrogen (secondary N) is 3. The zero-order chi connectivity index (χ0) is 24.0. The van der Waals surface area contributed by atoms with Gasteiger partial charge in [-0.25, -0.2) is 4.79 Å². The molecule has 0 unspecified atom stereocenters. The highest BCUT2D eigenvalue weighted by Crippen LogP contribution is 2.60. The Kier molecular flexibility index (Phi) is 5.50. The average Bonchev–Trinajstić information content (AvgIpc) is 3.28. The summed E-state index contributed by atoms with van der Waals surface area (Å²) in [6.45, 7) is 1.77. The van der Waals surface area contributed by atoms with Crippen molar-refractivity contribution in [2.24, 2.45) is 23.2 Å². The van der Waals surface area contributed by atoms with Gasteiger partial charge in [0.05, 0.1) is 0 Å². The van der Waals surface area contributed by atoms with Crippen LogP contribution in [-0.2, 0) is 11.3 Å². The lowest BCUT2D eigenvalue weighted by atomic mass is 9.49.